The summed E-state index contributed by atoms with van der Waals surface area (Å²) in [7, 11) is 4.17. The second kappa shape index (κ2) is 9.03. The van der Waals surface area contributed by atoms with Gasteiger partial charge in [0.1, 0.15) is 22.3 Å². The summed E-state index contributed by atoms with van der Waals surface area (Å²) in [6.07, 6.45) is 2.85. The van der Waals surface area contributed by atoms with Crippen LogP contribution in [0.15, 0.2) is 34.2 Å². The number of anilines is 1. The maximum atomic E-state index is 12.7. The van der Waals surface area contributed by atoms with Gasteiger partial charge in [-0.05, 0) is 52.0 Å². The number of furan rings is 1. The largest absolute Gasteiger partial charge is 0.458 e. The predicted molar refractivity (Wildman–Crippen MR) is 117 cm³/mol. The zero-order valence-electron chi connectivity index (χ0n) is 17.5. The second-order valence-corrected chi connectivity index (χ2v) is 8.80. The number of aromatic nitrogens is 3. The van der Waals surface area contributed by atoms with Gasteiger partial charge in [-0.3, -0.25) is 9.69 Å². The molecule has 9 heteroatoms. The van der Waals surface area contributed by atoms with E-state index < -0.39 is 0 Å². The molecule has 3 aromatic heterocycles. The van der Waals surface area contributed by atoms with Crippen molar-refractivity contribution in [2.24, 2.45) is 5.92 Å². The Labute approximate surface area is 180 Å². The first-order chi connectivity index (χ1) is 14.5. The van der Waals surface area contributed by atoms with E-state index in [1.54, 1.807) is 12.3 Å². The normalized spacial score (nSPS) is 17.0. The zero-order chi connectivity index (χ0) is 21.1. The van der Waals surface area contributed by atoms with Gasteiger partial charge in [0.2, 0.25) is 5.91 Å². The van der Waals surface area contributed by atoms with E-state index >= 15 is 0 Å². The molecule has 8 nitrogen and oxygen atoms in total. The Morgan fingerprint density at radius 2 is 2.23 bits per heavy atom. The van der Waals surface area contributed by atoms with E-state index in [4.69, 9.17) is 4.42 Å². The van der Waals surface area contributed by atoms with Gasteiger partial charge < -0.3 is 14.6 Å². The average molecular weight is 427 g/mol. The minimum atomic E-state index is -0.0779. The summed E-state index contributed by atoms with van der Waals surface area (Å²) < 4.78 is 5.69. The maximum absolute atomic E-state index is 12.7. The van der Waals surface area contributed by atoms with E-state index in [9.17, 15) is 4.79 Å². The molecule has 4 rings (SSSR count). The number of rotatable bonds is 7. The summed E-state index contributed by atoms with van der Waals surface area (Å²) >= 11 is 1.49. The second-order valence-electron chi connectivity index (χ2n) is 7.91. The van der Waals surface area contributed by atoms with E-state index in [2.05, 4.69) is 44.2 Å². The van der Waals surface area contributed by atoms with Gasteiger partial charge >= 0.3 is 0 Å². The molecule has 0 bridgehead atoms. The number of carbonyl (C=O) groups is 1. The van der Waals surface area contributed by atoms with Crippen LogP contribution in [0.25, 0.3) is 22.3 Å². The molecule has 1 unspecified atom stereocenters. The topological polar surface area (TPSA) is 87.4 Å². The zero-order valence-corrected chi connectivity index (χ0v) is 18.3. The van der Waals surface area contributed by atoms with Crippen LogP contribution in [0.1, 0.15) is 12.2 Å². The number of thiazole rings is 1. The van der Waals surface area contributed by atoms with Crippen molar-refractivity contribution in [2.75, 3.05) is 45.6 Å². The van der Waals surface area contributed by atoms with Crippen molar-refractivity contribution < 1.29 is 9.21 Å². The molecule has 0 aromatic carbocycles. The number of carbonyl (C=O) groups excluding carboxylic acids is 1. The van der Waals surface area contributed by atoms with Crippen LogP contribution in [0.4, 0.5) is 5.82 Å². The fourth-order valence-electron chi connectivity index (χ4n) is 3.74. The molecule has 4 heterocycles. The molecule has 0 spiro atoms. The fourth-order valence-corrected chi connectivity index (χ4v) is 4.34. The molecule has 0 saturated carbocycles. The quantitative estimate of drug-likeness (QED) is 0.621. The molecule has 0 aliphatic carbocycles. The first kappa shape index (κ1) is 20.6. The molecule has 1 fully saturated rings. The molecule has 3 aromatic rings. The van der Waals surface area contributed by atoms with E-state index in [0.29, 0.717) is 35.6 Å². The van der Waals surface area contributed by atoms with Gasteiger partial charge in [0.25, 0.3) is 0 Å². The van der Waals surface area contributed by atoms with Gasteiger partial charge in [0.15, 0.2) is 11.6 Å². The first-order valence-electron chi connectivity index (χ1n) is 9.99. The fraction of sp³-hybridized carbons (Fsp3) is 0.429. The van der Waals surface area contributed by atoms with Crippen LogP contribution in [0, 0.1) is 12.8 Å². The molecule has 30 heavy (non-hydrogen) atoms. The monoisotopic (exact) mass is 426 g/mol. The van der Waals surface area contributed by atoms with Crippen molar-refractivity contribution >= 4 is 23.1 Å². The van der Waals surface area contributed by atoms with Crippen molar-refractivity contribution in [1.82, 2.24) is 24.8 Å². The van der Waals surface area contributed by atoms with Crippen LogP contribution in [0.5, 0.6) is 0 Å². The smallest absolute Gasteiger partial charge is 0.239 e. The van der Waals surface area contributed by atoms with Gasteiger partial charge in [-0.2, -0.15) is 0 Å². The molecule has 1 aliphatic rings. The van der Waals surface area contributed by atoms with Crippen molar-refractivity contribution in [3.8, 4) is 22.3 Å². The lowest BCUT2D eigenvalue weighted by molar-refractivity contribution is -0.117. The minimum Gasteiger partial charge on any atom is -0.458 e. The maximum Gasteiger partial charge on any atom is 0.239 e. The lowest BCUT2D eigenvalue weighted by atomic mass is 10.1. The molecule has 1 atom stereocenters. The Morgan fingerprint density at radius 3 is 2.93 bits per heavy atom. The van der Waals surface area contributed by atoms with E-state index in [1.807, 2.05) is 24.4 Å². The Kier molecular flexibility index (Phi) is 6.21. The van der Waals surface area contributed by atoms with Crippen molar-refractivity contribution in [3.63, 3.8) is 0 Å². The van der Waals surface area contributed by atoms with E-state index in [-0.39, 0.29) is 5.91 Å². The van der Waals surface area contributed by atoms with E-state index in [0.717, 1.165) is 36.8 Å². The lowest BCUT2D eigenvalue weighted by Gasteiger charge is -2.18. The van der Waals surface area contributed by atoms with Crippen molar-refractivity contribution in [3.05, 3.63) is 35.5 Å². The molecule has 1 N–H and O–H groups in total. The molecule has 1 aliphatic heterocycles. The number of hydrogen-bond donors (Lipinski definition) is 1. The third-order valence-electron chi connectivity index (χ3n) is 4.97. The molecule has 0 radical (unpaired) electrons. The number of hydrogen-bond acceptors (Lipinski definition) is 8. The van der Waals surface area contributed by atoms with Gasteiger partial charge in [-0.1, -0.05) is 0 Å². The van der Waals surface area contributed by atoms with Crippen LogP contribution >= 0.6 is 11.3 Å². The Morgan fingerprint density at radius 1 is 1.37 bits per heavy atom. The van der Waals surface area contributed by atoms with E-state index in [1.165, 1.54) is 11.3 Å². The van der Waals surface area contributed by atoms with Crippen molar-refractivity contribution in [2.45, 2.75) is 13.3 Å². The van der Waals surface area contributed by atoms with Crippen LogP contribution in [-0.2, 0) is 4.79 Å². The first-order valence-corrected chi connectivity index (χ1v) is 10.9. The van der Waals surface area contributed by atoms with Gasteiger partial charge in [0.05, 0.1) is 6.54 Å². The summed E-state index contributed by atoms with van der Waals surface area (Å²) in [6.45, 7) is 5.16. The van der Waals surface area contributed by atoms with Crippen LogP contribution in [0.2, 0.25) is 0 Å². The highest BCUT2D eigenvalue weighted by Crippen LogP contribution is 2.27. The molecule has 1 amide bonds. The number of aryl methyl sites for hydroxylation is 1. The third kappa shape index (κ3) is 5.10. The lowest BCUT2D eigenvalue weighted by Crippen LogP contribution is -2.33. The summed E-state index contributed by atoms with van der Waals surface area (Å²) in [5.74, 6) is 2.75. The van der Waals surface area contributed by atoms with Gasteiger partial charge in [-0.25, -0.2) is 15.0 Å². The minimum absolute atomic E-state index is 0.0779. The third-order valence-corrected chi connectivity index (χ3v) is 5.76. The molecule has 158 valence electrons. The Balaban J connectivity index is 1.49. The molecular formula is C21H26N6O2S. The molecular weight excluding hydrogens is 400 g/mol. The van der Waals surface area contributed by atoms with Crippen molar-refractivity contribution in [1.29, 1.82) is 0 Å². The highest BCUT2D eigenvalue weighted by Gasteiger charge is 2.24. The van der Waals surface area contributed by atoms with Gasteiger partial charge in [0, 0.05) is 30.7 Å². The number of likely N-dealkylation sites (tertiary alicyclic amines) is 1. The Hall–Kier alpha value is -2.62. The summed E-state index contributed by atoms with van der Waals surface area (Å²) in [5.41, 5.74) is 0.659. The van der Waals surface area contributed by atoms with Crippen LogP contribution < -0.4 is 5.32 Å². The van der Waals surface area contributed by atoms with Gasteiger partial charge in [-0.15, -0.1) is 11.3 Å². The predicted octanol–water partition coefficient (Wildman–Crippen LogP) is 2.99. The summed E-state index contributed by atoms with van der Waals surface area (Å²) in [4.78, 5) is 30.5. The van der Waals surface area contributed by atoms with Crippen LogP contribution in [-0.4, -0.2) is 70.9 Å². The highest BCUT2D eigenvalue weighted by atomic mass is 32.1. The highest BCUT2D eigenvalue weighted by molar-refractivity contribution is 7.13. The summed E-state index contributed by atoms with van der Waals surface area (Å²) in [6, 6.07) is 5.45. The SMILES string of the molecule is Cc1ccc(-c2nc(NC(=O)CN3CCC(CN(C)C)C3)cc(-c3nccs3)n2)o1. The van der Waals surface area contributed by atoms with Crippen LogP contribution in [0.3, 0.4) is 0 Å². The average Bonchev–Trinajstić information content (AvgIpc) is 3.43. The Bertz CT molecular complexity index is 1000. The number of amides is 1. The number of nitrogens with one attached hydrogen (secondary N) is 1. The molecule has 1 saturated heterocycles. The number of nitrogens with zero attached hydrogens (tertiary/aromatic N) is 5. The summed E-state index contributed by atoms with van der Waals surface area (Å²) in [5, 5.41) is 5.60. The standard InChI is InChI=1S/C21H26N6O2S/c1-14-4-5-17(29-14)20-23-16(21-22-7-9-30-21)10-18(25-20)24-19(28)13-27-8-6-15(12-27)11-26(2)3/h4-5,7,9-10,15H,6,8,11-13H2,1-3H3,(H,23,24,25,28).